The van der Waals surface area contributed by atoms with E-state index in [4.69, 9.17) is 10.2 Å². The molecule has 0 fully saturated rings. The Bertz CT molecular complexity index is 184. The Labute approximate surface area is 83.0 Å². The fraction of sp³-hybridized carbons (Fsp3) is 0.556. The van der Waals surface area contributed by atoms with Crippen LogP contribution >= 0.6 is 0 Å². The molecule has 0 aromatic heterocycles. The molecule has 5 heteroatoms. The fourth-order valence-corrected chi connectivity index (χ4v) is 0.484. The topological polar surface area (TPSA) is 83.8 Å². The van der Waals surface area contributed by atoms with E-state index in [0.29, 0.717) is 6.42 Å². The molecule has 0 spiro atoms. The fourth-order valence-electron chi connectivity index (χ4n) is 0.484. The lowest BCUT2D eigenvalue weighted by Gasteiger charge is -2.10. The molecule has 0 bridgehead atoms. The number of carboxylic acids is 1. The minimum absolute atomic E-state index is 0.0872. The largest absolute Gasteiger partial charge is 0.478 e. The van der Waals surface area contributed by atoms with Crippen molar-refractivity contribution in [3.05, 3.63) is 12.7 Å². The SMILES string of the molecule is C=CC(=O)O.CCC(CO)OC(C)=O. The van der Waals surface area contributed by atoms with Crippen LogP contribution < -0.4 is 0 Å². The summed E-state index contributed by atoms with van der Waals surface area (Å²) in [7, 11) is 0. The van der Waals surface area contributed by atoms with Crippen molar-refractivity contribution < 1.29 is 24.5 Å². The Hall–Kier alpha value is -1.36. The minimum Gasteiger partial charge on any atom is -0.478 e. The summed E-state index contributed by atoms with van der Waals surface area (Å²) in [5, 5.41) is 16.1. The minimum atomic E-state index is -0.981. The molecule has 0 aromatic carbocycles. The van der Waals surface area contributed by atoms with Gasteiger partial charge in [-0.2, -0.15) is 0 Å². The molecule has 0 radical (unpaired) electrons. The quantitative estimate of drug-likeness (QED) is 0.517. The summed E-state index contributed by atoms with van der Waals surface area (Å²) in [6.45, 7) is 6.06. The maximum absolute atomic E-state index is 10.2. The first kappa shape index (κ1) is 15.1. The Morgan fingerprint density at radius 1 is 1.57 bits per heavy atom. The third-order valence-corrected chi connectivity index (χ3v) is 1.17. The van der Waals surface area contributed by atoms with Crippen molar-refractivity contribution in [3.63, 3.8) is 0 Å². The second-order valence-corrected chi connectivity index (χ2v) is 2.36. The first-order valence-corrected chi connectivity index (χ1v) is 4.11. The van der Waals surface area contributed by atoms with Crippen LogP contribution in [0.2, 0.25) is 0 Å². The molecule has 0 aliphatic rings. The Balaban J connectivity index is 0. The number of aliphatic carboxylic acids is 1. The summed E-state index contributed by atoms with van der Waals surface area (Å²) in [6.07, 6.45) is 1.18. The molecule has 0 heterocycles. The molecule has 0 saturated heterocycles. The molecular weight excluding hydrogens is 188 g/mol. The Morgan fingerprint density at radius 3 is 2.07 bits per heavy atom. The molecule has 0 saturated carbocycles. The Kier molecular flexibility index (Phi) is 10.5. The van der Waals surface area contributed by atoms with E-state index >= 15 is 0 Å². The summed E-state index contributed by atoms with van der Waals surface area (Å²) < 4.78 is 4.66. The van der Waals surface area contributed by atoms with Gasteiger partial charge in [-0.3, -0.25) is 4.79 Å². The van der Waals surface area contributed by atoms with Crippen molar-refractivity contribution in [1.82, 2.24) is 0 Å². The number of carboxylic acid groups (broad SMARTS) is 1. The maximum atomic E-state index is 10.2. The molecule has 14 heavy (non-hydrogen) atoms. The number of carbonyl (C=O) groups is 2. The van der Waals surface area contributed by atoms with E-state index in [1.807, 2.05) is 6.92 Å². The van der Waals surface area contributed by atoms with Crippen molar-refractivity contribution in [1.29, 1.82) is 0 Å². The van der Waals surface area contributed by atoms with Gasteiger partial charge in [-0.1, -0.05) is 13.5 Å². The van der Waals surface area contributed by atoms with E-state index in [9.17, 15) is 9.59 Å². The number of rotatable bonds is 4. The van der Waals surface area contributed by atoms with Crippen molar-refractivity contribution in [2.45, 2.75) is 26.4 Å². The number of esters is 1. The van der Waals surface area contributed by atoms with Crippen molar-refractivity contribution in [3.8, 4) is 0 Å². The number of hydrogen-bond acceptors (Lipinski definition) is 4. The molecule has 0 aromatic rings. The van der Waals surface area contributed by atoms with Crippen molar-refractivity contribution in [2.75, 3.05) is 6.61 Å². The zero-order valence-corrected chi connectivity index (χ0v) is 8.40. The van der Waals surface area contributed by atoms with Crippen LogP contribution in [0.1, 0.15) is 20.3 Å². The molecule has 2 N–H and O–H groups in total. The smallest absolute Gasteiger partial charge is 0.327 e. The number of ether oxygens (including phenoxy) is 1. The van der Waals surface area contributed by atoms with Gasteiger partial charge in [0.15, 0.2) is 0 Å². The second kappa shape index (κ2) is 9.73. The molecule has 0 amide bonds. The zero-order chi connectivity index (χ0) is 11.6. The summed E-state index contributed by atoms with van der Waals surface area (Å²) in [5.74, 6) is -1.32. The molecule has 82 valence electrons. The van der Waals surface area contributed by atoms with E-state index in [0.717, 1.165) is 6.08 Å². The molecule has 1 unspecified atom stereocenters. The monoisotopic (exact) mass is 204 g/mol. The highest BCUT2D eigenvalue weighted by molar-refractivity contribution is 5.78. The molecule has 1 atom stereocenters. The van der Waals surface area contributed by atoms with Gasteiger partial charge in [0.1, 0.15) is 6.10 Å². The predicted octanol–water partition coefficient (Wildman–Crippen LogP) is 0.577. The van der Waals surface area contributed by atoms with Crippen LogP contribution in [0, 0.1) is 0 Å². The maximum Gasteiger partial charge on any atom is 0.327 e. The van der Waals surface area contributed by atoms with E-state index in [2.05, 4.69) is 11.3 Å². The number of carbonyl (C=O) groups excluding carboxylic acids is 1. The number of hydrogen-bond donors (Lipinski definition) is 2. The van der Waals surface area contributed by atoms with Crippen LogP contribution in [0.5, 0.6) is 0 Å². The van der Waals surface area contributed by atoms with Crippen molar-refractivity contribution >= 4 is 11.9 Å². The van der Waals surface area contributed by atoms with Crippen LogP contribution in [-0.4, -0.2) is 34.9 Å². The summed E-state index contributed by atoms with van der Waals surface area (Å²) in [4.78, 5) is 19.5. The van der Waals surface area contributed by atoms with Gasteiger partial charge in [0, 0.05) is 13.0 Å². The average Bonchev–Trinajstić information content (AvgIpc) is 2.14. The summed E-state index contributed by atoms with van der Waals surface area (Å²) in [5.41, 5.74) is 0. The van der Waals surface area contributed by atoms with Gasteiger partial charge in [0.25, 0.3) is 0 Å². The second-order valence-electron chi connectivity index (χ2n) is 2.36. The van der Waals surface area contributed by atoms with E-state index in [1.165, 1.54) is 6.92 Å². The summed E-state index contributed by atoms with van der Waals surface area (Å²) >= 11 is 0. The zero-order valence-electron chi connectivity index (χ0n) is 8.40. The molecule has 0 aliphatic carbocycles. The van der Waals surface area contributed by atoms with Crippen LogP contribution in [0.4, 0.5) is 0 Å². The van der Waals surface area contributed by atoms with Crippen LogP contribution in [0.3, 0.4) is 0 Å². The normalized spacial score (nSPS) is 10.5. The van der Waals surface area contributed by atoms with E-state index in [1.54, 1.807) is 0 Å². The standard InChI is InChI=1S/C6H12O3.C3H4O2/c1-3-6(4-7)9-5(2)8;1-2-3(4)5/h6-7H,3-4H2,1-2H3;2H,1H2,(H,4,5). The van der Waals surface area contributed by atoms with Gasteiger partial charge in [-0.15, -0.1) is 0 Å². The van der Waals surface area contributed by atoms with Gasteiger partial charge in [0.2, 0.25) is 0 Å². The number of aliphatic hydroxyl groups is 1. The predicted molar refractivity (Wildman–Crippen MR) is 50.8 cm³/mol. The highest BCUT2D eigenvalue weighted by atomic mass is 16.5. The lowest BCUT2D eigenvalue weighted by molar-refractivity contribution is -0.148. The first-order chi connectivity index (χ1) is 6.47. The third-order valence-electron chi connectivity index (χ3n) is 1.17. The number of aliphatic hydroxyl groups excluding tert-OH is 1. The first-order valence-electron chi connectivity index (χ1n) is 4.11. The van der Waals surface area contributed by atoms with E-state index in [-0.39, 0.29) is 18.7 Å². The van der Waals surface area contributed by atoms with Gasteiger partial charge < -0.3 is 14.9 Å². The highest BCUT2D eigenvalue weighted by Gasteiger charge is 2.05. The summed E-state index contributed by atoms with van der Waals surface area (Å²) in [6, 6.07) is 0. The lowest BCUT2D eigenvalue weighted by atomic mass is 10.3. The van der Waals surface area contributed by atoms with Gasteiger partial charge in [-0.05, 0) is 6.42 Å². The molecular formula is C9H16O5. The highest BCUT2D eigenvalue weighted by Crippen LogP contribution is 1.95. The molecule has 5 nitrogen and oxygen atoms in total. The average molecular weight is 204 g/mol. The molecule has 0 aliphatic heterocycles. The van der Waals surface area contributed by atoms with Crippen LogP contribution in [0.25, 0.3) is 0 Å². The van der Waals surface area contributed by atoms with E-state index < -0.39 is 5.97 Å². The van der Waals surface area contributed by atoms with Crippen molar-refractivity contribution in [2.24, 2.45) is 0 Å². The third kappa shape index (κ3) is 13.2. The lowest BCUT2D eigenvalue weighted by Crippen LogP contribution is -2.18. The molecule has 0 rings (SSSR count). The Morgan fingerprint density at radius 2 is 2.00 bits per heavy atom. The van der Waals surface area contributed by atoms with Gasteiger partial charge >= 0.3 is 11.9 Å². The van der Waals surface area contributed by atoms with Crippen LogP contribution in [-0.2, 0) is 14.3 Å². The van der Waals surface area contributed by atoms with Gasteiger partial charge in [0.05, 0.1) is 6.61 Å². The van der Waals surface area contributed by atoms with Gasteiger partial charge in [-0.25, -0.2) is 4.79 Å². The van der Waals surface area contributed by atoms with Crippen LogP contribution in [0.15, 0.2) is 12.7 Å².